The summed E-state index contributed by atoms with van der Waals surface area (Å²) in [6.07, 6.45) is 6.87. The van der Waals surface area contributed by atoms with Gasteiger partial charge in [-0.25, -0.2) is 0 Å². The van der Waals surface area contributed by atoms with E-state index in [9.17, 15) is 0 Å². The van der Waals surface area contributed by atoms with E-state index in [1.165, 1.54) is 30.4 Å². The van der Waals surface area contributed by atoms with Crippen LogP contribution in [0, 0.1) is 5.41 Å². The molecule has 0 amide bonds. The molecular formula is C16H24S. The third kappa shape index (κ3) is 3.92. The van der Waals surface area contributed by atoms with Crippen LogP contribution in [0.15, 0.2) is 36.9 Å². The molecule has 0 nitrogen and oxygen atoms in total. The Labute approximate surface area is 112 Å². The van der Waals surface area contributed by atoms with Gasteiger partial charge >= 0.3 is 0 Å². The maximum atomic E-state index is 4.28. The predicted octanol–water partition coefficient (Wildman–Crippen LogP) is 5.04. The normalized spacial score (nSPS) is 14.3. The Morgan fingerprint density at radius 3 is 2.18 bits per heavy atom. The van der Waals surface area contributed by atoms with Crippen LogP contribution in [0.4, 0.5) is 0 Å². The smallest absolute Gasteiger partial charge is 0.0154 e. The summed E-state index contributed by atoms with van der Waals surface area (Å²) in [6, 6.07) is 8.82. The van der Waals surface area contributed by atoms with E-state index in [1.807, 2.05) is 0 Å². The van der Waals surface area contributed by atoms with Gasteiger partial charge in [0.05, 0.1) is 0 Å². The monoisotopic (exact) mass is 248 g/mol. The van der Waals surface area contributed by atoms with E-state index in [1.54, 1.807) is 0 Å². The summed E-state index contributed by atoms with van der Waals surface area (Å²) in [5.41, 5.74) is 2.97. The number of benzene rings is 1. The minimum Gasteiger partial charge on any atom is -0.175 e. The lowest BCUT2D eigenvalue weighted by molar-refractivity contribution is 0.331. The molecule has 17 heavy (non-hydrogen) atoms. The topological polar surface area (TPSA) is 0 Å². The van der Waals surface area contributed by atoms with Crippen LogP contribution < -0.4 is 0 Å². The second-order valence-corrected chi connectivity index (χ2v) is 5.14. The molecule has 1 atom stereocenters. The first-order valence-corrected chi connectivity index (χ1v) is 7.15. The second kappa shape index (κ2) is 6.90. The molecule has 1 aromatic carbocycles. The van der Waals surface area contributed by atoms with Crippen LogP contribution in [0.25, 0.3) is 0 Å². The van der Waals surface area contributed by atoms with Crippen LogP contribution in [0.5, 0.6) is 0 Å². The Morgan fingerprint density at radius 1 is 1.18 bits per heavy atom. The Hall–Kier alpha value is -0.690. The summed E-state index contributed by atoms with van der Waals surface area (Å²) in [5, 5.41) is 0. The molecule has 0 spiro atoms. The molecule has 0 bridgehead atoms. The standard InChI is InChI=1S/C16H24S/c1-4-11-16(5-2,6-3)12-14-7-9-15(13-17)10-8-14/h5,7-10,17H,2,4,6,11-13H2,1,3H3. The lowest BCUT2D eigenvalue weighted by Crippen LogP contribution is -2.19. The van der Waals surface area contributed by atoms with Crippen LogP contribution in [-0.4, -0.2) is 0 Å². The van der Waals surface area contributed by atoms with E-state index in [-0.39, 0.29) is 5.41 Å². The molecule has 0 radical (unpaired) electrons. The van der Waals surface area contributed by atoms with E-state index >= 15 is 0 Å². The molecule has 0 aromatic heterocycles. The maximum absolute atomic E-state index is 4.28. The summed E-state index contributed by atoms with van der Waals surface area (Å²) in [6.45, 7) is 8.55. The Morgan fingerprint density at radius 2 is 1.76 bits per heavy atom. The summed E-state index contributed by atoms with van der Waals surface area (Å²) >= 11 is 4.28. The van der Waals surface area contributed by atoms with E-state index in [0.717, 1.165) is 12.2 Å². The molecule has 0 aliphatic rings. The summed E-state index contributed by atoms with van der Waals surface area (Å²) in [4.78, 5) is 0. The molecule has 0 heterocycles. The first-order valence-electron chi connectivity index (χ1n) is 6.52. The Kier molecular flexibility index (Phi) is 5.84. The minimum atomic E-state index is 0.275. The van der Waals surface area contributed by atoms with Crippen molar-refractivity contribution in [1.29, 1.82) is 0 Å². The molecule has 0 aliphatic heterocycles. The highest BCUT2D eigenvalue weighted by Crippen LogP contribution is 2.33. The number of hydrogen-bond acceptors (Lipinski definition) is 1. The predicted molar refractivity (Wildman–Crippen MR) is 80.7 cm³/mol. The third-order valence-electron chi connectivity index (χ3n) is 3.65. The van der Waals surface area contributed by atoms with Gasteiger partial charge < -0.3 is 0 Å². The molecule has 1 rings (SSSR count). The first-order chi connectivity index (χ1) is 8.19. The van der Waals surface area contributed by atoms with Gasteiger partial charge in [-0.3, -0.25) is 0 Å². The van der Waals surface area contributed by atoms with Gasteiger partial charge in [0, 0.05) is 5.75 Å². The fourth-order valence-electron chi connectivity index (χ4n) is 2.38. The van der Waals surface area contributed by atoms with Crippen molar-refractivity contribution in [2.45, 2.75) is 45.3 Å². The highest BCUT2D eigenvalue weighted by Gasteiger charge is 2.23. The molecule has 0 saturated heterocycles. The van der Waals surface area contributed by atoms with Crippen molar-refractivity contribution < 1.29 is 0 Å². The fraction of sp³-hybridized carbons (Fsp3) is 0.500. The van der Waals surface area contributed by atoms with E-state index < -0.39 is 0 Å². The molecule has 1 unspecified atom stereocenters. The van der Waals surface area contributed by atoms with Gasteiger partial charge in [-0.15, -0.1) is 6.58 Å². The van der Waals surface area contributed by atoms with E-state index in [2.05, 4.69) is 63.4 Å². The van der Waals surface area contributed by atoms with Crippen molar-refractivity contribution in [3.8, 4) is 0 Å². The van der Waals surface area contributed by atoms with Crippen LogP contribution in [0.2, 0.25) is 0 Å². The zero-order valence-corrected chi connectivity index (χ0v) is 12.0. The van der Waals surface area contributed by atoms with Gasteiger partial charge in [-0.1, -0.05) is 50.6 Å². The van der Waals surface area contributed by atoms with Gasteiger partial charge in [0.2, 0.25) is 0 Å². The SMILES string of the molecule is C=CC(CC)(CCC)Cc1ccc(CS)cc1. The van der Waals surface area contributed by atoms with Gasteiger partial charge in [0.1, 0.15) is 0 Å². The lowest BCUT2D eigenvalue weighted by Gasteiger charge is -2.29. The van der Waals surface area contributed by atoms with Crippen molar-refractivity contribution in [3.05, 3.63) is 48.0 Å². The summed E-state index contributed by atoms with van der Waals surface area (Å²) < 4.78 is 0. The number of rotatable bonds is 7. The molecule has 1 aromatic rings. The van der Waals surface area contributed by atoms with E-state index in [0.29, 0.717) is 0 Å². The van der Waals surface area contributed by atoms with Gasteiger partial charge in [0.15, 0.2) is 0 Å². The molecule has 0 fully saturated rings. The minimum absolute atomic E-state index is 0.275. The van der Waals surface area contributed by atoms with Crippen molar-refractivity contribution in [2.24, 2.45) is 5.41 Å². The first kappa shape index (κ1) is 14.4. The average Bonchev–Trinajstić information content (AvgIpc) is 2.39. The third-order valence-corrected chi connectivity index (χ3v) is 4.01. The lowest BCUT2D eigenvalue weighted by atomic mass is 9.76. The van der Waals surface area contributed by atoms with Crippen molar-refractivity contribution >= 4 is 12.6 Å². The molecule has 0 N–H and O–H groups in total. The average molecular weight is 248 g/mol. The molecule has 1 heteroatoms. The summed E-state index contributed by atoms with van der Waals surface area (Å²) in [5.74, 6) is 0.815. The second-order valence-electron chi connectivity index (χ2n) is 4.82. The number of hydrogen-bond donors (Lipinski definition) is 1. The molecular weight excluding hydrogens is 224 g/mol. The van der Waals surface area contributed by atoms with Crippen LogP contribution in [0.1, 0.15) is 44.2 Å². The van der Waals surface area contributed by atoms with Crippen molar-refractivity contribution in [3.63, 3.8) is 0 Å². The van der Waals surface area contributed by atoms with Crippen LogP contribution >= 0.6 is 12.6 Å². The number of thiol groups is 1. The van der Waals surface area contributed by atoms with Crippen LogP contribution in [-0.2, 0) is 12.2 Å². The van der Waals surface area contributed by atoms with E-state index in [4.69, 9.17) is 0 Å². The quantitative estimate of drug-likeness (QED) is 0.507. The fourth-order valence-corrected chi connectivity index (χ4v) is 2.59. The Balaban J connectivity index is 2.81. The van der Waals surface area contributed by atoms with Gasteiger partial charge in [-0.05, 0) is 35.8 Å². The molecule has 0 aliphatic carbocycles. The molecule has 0 saturated carbocycles. The largest absolute Gasteiger partial charge is 0.175 e. The van der Waals surface area contributed by atoms with Gasteiger partial charge in [0.25, 0.3) is 0 Å². The molecule has 94 valence electrons. The van der Waals surface area contributed by atoms with Crippen LogP contribution in [0.3, 0.4) is 0 Å². The zero-order valence-electron chi connectivity index (χ0n) is 11.1. The van der Waals surface area contributed by atoms with Crippen molar-refractivity contribution in [2.75, 3.05) is 0 Å². The summed E-state index contributed by atoms with van der Waals surface area (Å²) in [7, 11) is 0. The zero-order chi connectivity index (χ0) is 12.7. The maximum Gasteiger partial charge on any atom is 0.0154 e. The highest BCUT2D eigenvalue weighted by molar-refractivity contribution is 7.79. The van der Waals surface area contributed by atoms with Gasteiger partial charge in [-0.2, -0.15) is 12.6 Å². The number of allylic oxidation sites excluding steroid dienone is 1. The highest BCUT2D eigenvalue weighted by atomic mass is 32.1. The Bertz CT molecular complexity index is 339. The van der Waals surface area contributed by atoms with Crippen molar-refractivity contribution in [1.82, 2.24) is 0 Å².